The van der Waals surface area contributed by atoms with Crippen LogP contribution in [0.5, 0.6) is 0 Å². The maximum atomic E-state index is 12.7. The van der Waals surface area contributed by atoms with Crippen molar-refractivity contribution in [2.45, 2.75) is 13.5 Å². The van der Waals surface area contributed by atoms with E-state index >= 15 is 0 Å². The molecule has 0 saturated carbocycles. The van der Waals surface area contributed by atoms with Gasteiger partial charge in [0.05, 0.1) is 23.6 Å². The summed E-state index contributed by atoms with van der Waals surface area (Å²) in [6, 6.07) is 29.0. The first kappa shape index (κ1) is 22.9. The van der Waals surface area contributed by atoms with E-state index in [0.717, 1.165) is 16.9 Å². The minimum absolute atomic E-state index is 0.131. The number of aromatic nitrogens is 1. The first-order chi connectivity index (χ1) is 16.6. The number of benzene rings is 3. The molecule has 34 heavy (non-hydrogen) atoms. The monoisotopic (exact) mass is 468 g/mol. The van der Waals surface area contributed by atoms with Crippen molar-refractivity contribution in [3.8, 4) is 0 Å². The molecule has 2 amide bonds. The van der Waals surface area contributed by atoms with E-state index in [1.165, 1.54) is 24.3 Å². The van der Waals surface area contributed by atoms with Crippen LogP contribution in [0.25, 0.3) is 6.08 Å². The second kappa shape index (κ2) is 11.1. The maximum absolute atomic E-state index is 12.7. The molecule has 4 aromatic rings. The minimum atomic E-state index is -0.277. The van der Waals surface area contributed by atoms with E-state index in [9.17, 15) is 9.59 Å². The van der Waals surface area contributed by atoms with E-state index in [1.807, 2.05) is 96.4 Å². The topological polar surface area (TPSA) is 65.5 Å². The third-order valence-corrected chi connectivity index (χ3v) is 5.78. The Hall–Kier alpha value is -4.23. The zero-order chi connectivity index (χ0) is 23.8. The smallest absolute Gasteiger partial charge is 0.262 e. The van der Waals surface area contributed by atoms with E-state index < -0.39 is 0 Å². The van der Waals surface area contributed by atoms with Gasteiger partial charge >= 0.3 is 0 Å². The Kier molecular flexibility index (Phi) is 7.47. The van der Waals surface area contributed by atoms with Gasteiger partial charge in [0.2, 0.25) is 5.91 Å². The number of hydrazine groups is 1. The molecule has 0 unspecified atom stereocenters. The molecule has 0 fully saturated rings. The van der Waals surface area contributed by atoms with E-state index in [0.29, 0.717) is 17.4 Å². The number of carbonyl (C=O) groups is 2. The van der Waals surface area contributed by atoms with Gasteiger partial charge < -0.3 is 0 Å². The summed E-state index contributed by atoms with van der Waals surface area (Å²) in [5.41, 5.74) is 6.25. The van der Waals surface area contributed by atoms with E-state index in [4.69, 9.17) is 0 Å². The lowest BCUT2D eigenvalue weighted by atomic mass is 10.2. The summed E-state index contributed by atoms with van der Waals surface area (Å²) < 4.78 is 0. The summed E-state index contributed by atoms with van der Waals surface area (Å²) in [5.74, 6) is -0.408. The lowest BCUT2D eigenvalue weighted by molar-refractivity contribution is -0.117. The van der Waals surface area contributed by atoms with Gasteiger partial charge in [-0.15, -0.1) is 11.3 Å². The Labute approximate surface area is 202 Å². The Morgan fingerprint density at radius 3 is 2.09 bits per heavy atom. The van der Waals surface area contributed by atoms with Crippen LogP contribution in [-0.4, -0.2) is 16.8 Å². The van der Waals surface area contributed by atoms with Crippen LogP contribution in [0.1, 0.15) is 18.2 Å². The Morgan fingerprint density at radius 2 is 1.47 bits per heavy atom. The van der Waals surface area contributed by atoms with Crippen molar-refractivity contribution >= 4 is 45.7 Å². The number of nitrogens with one attached hydrogen (secondary N) is 1. The molecule has 0 aliphatic rings. The highest BCUT2D eigenvalue weighted by atomic mass is 32.1. The van der Waals surface area contributed by atoms with Crippen LogP contribution < -0.4 is 15.3 Å². The zero-order valence-electron chi connectivity index (χ0n) is 18.7. The molecule has 4 rings (SSSR count). The van der Waals surface area contributed by atoms with Gasteiger partial charge in [0.1, 0.15) is 0 Å². The SMILES string of the molecule is CC(=O)N(c1ccccc1)c1nc(/C=C/C(=O)NN(Cc2ccccc2)c2ccccc2)cs1. The van der Waals surface area contributed by atoms with Crippen molar-refractivity contribution in [2.24, 2.45) is 0 Å². The van der Waals surface area contributed by atoms with Gasteiger partial charge in [-0.25, -0.2) is 4.98 Å². The molecule has 0 radical (unpaired) electrons. The summed E-state index contributed by atoms with van der Waals surface area (Å²) >= 11 is 1.35. The average Bonchev–Trinajstić information content (AvgIpc) is 3.32. The van der Waals surface area contributed by atoms with Crippen LogP contribution in [0.15, 0.2) is 102 Å². The molecule has 0 bridgehead atoms. The van der Waals surface area contributed by atoms with Crippen molar-refractivity contribution in [3.05, 3.63) is 114 Å². The molecule has 7 heteroatoms. The Bertz CT molecular complexity index is 1260. The largest absolute Gasteiger partial charge is 0.281 e. The standard InChI is InChI=1S/C27H24N4O2S/c1-21(32)31(25-15-9-4-10-16-25)27-28-23(20-34-27)17-18-26(33)29-30(24-13-7-3-8-14-24)19-22-11-5-2-6-12-22/h2-18,20H,19H2,1H3,(H,29,33)/b18-17+. The number of para-hydroxylation sites is 2. The van der Waals surface area contributed by atoms with E-state index in [2.05, 4.69) is 10.4 Å². The molecule has 170 valence electrons. The molecule has 1 aromatic heterocycles. The number of carbonyl (C=O) groups excluding carboxylic acids is 2. The zero-order valence-corrected chi connectivity index (χ0v) is 19.5. The van der Waals surface area contributed by atoms with Crippen molar-refractivity contribution in [1.82, 2.24) is 10.4 Å². The average molecular weight is 469 g/mol. The maximum Gasteiger partial charge on any atom is 0.262 e. The summed E-state index contributed by atoms with van der Waals surface area (Å²) in [4.78, 5) is 31.0. The molecule has 1 heterocycles. The van der Waals surface area contributed by atoms with Gasteiger partial charge in [0, 0.05) is 18.4 Å². The quantitative estimate of drug-likeness (QED) is 0.271. The lowest BCUT2D eigenvalue weighted by Crippen LogP contribution is -2.41. The second-order valence-corrected chi connectivity index (χ2v) is 8.30. The molecule has 0 spiro atoms. The number of rotatable bonds is 8. The van der Waals surface area contributed by atoms with Crippen molar-refractivity contribution in [2.75, 3.05) is 9.91 Å². The van der Waals surface area contributed by atoms with Crippen LogP contribution in [0.4, 0.5) is 16.5 Å². The molecule has 1 N–H and O–H groups in total. The third-order valence-electron chi connectivity index (χ3n) is 4.93. The predicted octanol–water partition coefficient (Wildman–Crippen LogP) is 5.58. The van der Waals surface area contributed by atoms with Crippen LogP contribution in [-0.2, 0) is 16.1 Å². The number of hydrogen-bond donors (Lipinski definition) is 1. The Balaban J connectivity index is 1.47. The predicted molar refractivity (Wildman–Crippen MR) is 138 cm³/mol. The fraction of sp³-hybridized carbons (Fsp3) is 0.0741. The van der Waals surface area contributed by atoms with E-state index in [1.54, 1.807) is 16.0 Å². The van der Waals surface area contributed by atoms with Crippen LogP contribution >= 0.6 is 11.3 Å². The molecule has 0 aliphatic carbocycles. The highest BCUT2D eigenvalue weighted by Crippen LogP contribution is 2.29. The summed E-state index contributed by atoms with van der Waals surface area (Å²) in [5, 5.41) is 4.17. The fourth-order valence-electron chi connectivity index (χ4n) is 3.36. The number of nitrogens with zero attached hydrogens (tertiary/aromatic N) is 3. The van der Waals surface area contributed by atoms with Crippen molar-refractivity contribution in [3.63, 3.8) is 0 Å². The second-order valence-electron chi connectivity index (χ2n) is 7.46. The van der Waals surface area contributed by atoms with Gasteiger partial charge in [0.25, 0.3) is 5.91 Å². The number of hydrogen-bond acceptors (Lipinski definition) is 5. The van der Waals surface area contributed by atoms with Gasteiger partial charge in [-0.3, -0.25) is 24.9 Å². The fourth-order valence-corrected chi connectivity index (χ4v) is 4.22. The molecule has 3 aromatic carbocycles. The van der Waals surface area contributed by atoms with Gasteiger partial charge in [-0.2, -0.15) is 0 Å². The minimum Gasteiger partial charge on any atom is -0.281 e. The van der Waals surface area contributed by atoms with Crippen LogP contribution in [0, 0.1) is 0 Å². The van der Waals surface area contributed by atoms with Gasteiger partial charge in [-0.1, -0.05) is 66.7 Å². The molecular weight excluding hydrogens is 444 g/mol. The Morgan fingerprint density at radius 1 is 0.882 bits per heavy atom. The first-order valence-corrected chi connectivity index (χ1v) is 11.6. The summed E-state index contributed by atoms with van der Waals surface area (Å²) in [6.45, 7) is 2.03. The molecule has 6 nitrogen and oxygen atoms in total. The van der Waals surface area contributed by atoms with Crippen molar-refractivity contribution < 1.29 is 9.59 Å². The number of amides is 2. The van der Waals surface area contributed by atoms with Crippen LogP contribution in [0.2, 0.25) is 0 Å². The first-order valence-electron chi connectivity index (χ1n) is 10.8. The third kappa shape index (κ3) is 5.96. The molecule has 0 atom stereocenters. The van der Waals surface area contributed by atoms with E-state index in [-0.39, 0.29) is 11.8 Å². The van der Waals surface area contributed by atoms with Gasteiger partial charge in [0.15, 0.2) is 5.13 Å². The number of anilines is 3. The molecule has 0 aliphatic heterocycles. The molecule has 0 saturated heterocycles. The highest BCUT2D eigenvalue weighted by Gasteiger charge is 2.17. The summed E-state index contributed by atoms with van der Waals surface area (Å²) in [7, 11) is 0. The summed E-state index contributed by atoms with van der Waals surface area (Å²) in [6.07, 6.45) is 3.09. The normalized spacial score (nSPS) is 10.7. The van der Waals surface area contributed by atoms with Gasteiger partial charge in [-0.05, 0) is 35.9 Å². The number of thiazole rings is 1. The lowest BCUT2D eigenvalue weighted by Gasteiger charge is -2.25. The van der Waals surface area contributed by atoms with Crippen LogP contribution in [0.3, 0.4) is 0 Å². The molecular formula is C27H24N4O2S. The highest BCUT2D eigenvalue weighted by molar-refractivity contribution is 7.14. The van der Waals surface area contributed by atoms with Crippen molar-refractivity contribution in [1.29, 1.82) is 0 Å².